The van der Waals surface area contributed by atoms with Crippen molar-refractivity contribution in [2.75, 3.05) is 12.3 Å². The Morgan fingerprint density at radius 1 is 1.23 bits per heavy atom. The van der Waals surface area contributed by atoms with E-state index in [9.17, 15) is 19.8 Å². The fourth-order valence-electron chi connectivity index (χ4n) is 3.18. The summed E-state index contributed by atoms with van der Waals surface area (Å²) in [5, 5.41) is 21.8. The Labute approximate surface area is 181 Å². The van der Waals surface area contributed by atoms with E-state index in [0.717, 1.165) is 0 Å². The normalized spacial score (nSPS) is 11.8. The van der Waals surface area contributed by atoms with Crippen LogP contribution in [0, 0.1) is 6.92 Å². The van der Waals surface area contributed by atoms with Crippen molar-refractivity contribution in [2.45, 2.75) is 46.6 Å². The zero-order valence-corrected chi connectivity index (χ0v) is 18.4. The molecule has 31 heavy (non-hydrogen) atoms. The molecule has 0 radical (unpaired) electrons. The number of nitrogens with zero attached hydrogens (tertiary/aromatic N) is 1. The summed E-state index contributed by atoms with van der Waals surface area (Å²) >= 11 is 0. The Morgan fingerprint density at radius 3 is 2.35 bits per heavy atom. The average Bonchev–Trinajstić information content (AvgIpc) is 2.69. The van der Waals surface area contributed by atoms with Crippen molar-refractivity contribution in [3.8, 4) is 5.75 Å². The van der Waals surface area contributed by atoms with E-state index in [1.807, 2.05) is 6.92 Å². The first-order valence-electron chi connectivity index (χ1n) is 9.94. The van der Waals surface area contributed by atoms with E-state index in [-0.39, 0.29) is 29.5 Å². The maximum atomic E-state index is 12.5. The summed E-state index contributed by atoms with van der Waals surface area (Å²) in [6.45, 7) is 8.99. The number of pyridine rings is 1. The molecule has 0 aliphatic carbocycles. The number of phenolic OH excluding ortho intramolecular Hbond substituents is 1. The molecule has 1 aromatic heterocycles. The molecule has 1 amide bonds. The third kappa shape index (κ3) is 5.53. The van der Waals surface area contributed by atoms with Crippen LogP contribution in [0.1, 0.15) is 65.4 Å². The maximum Gasteiger partial charge on any atom is 0.339 e. The number of aromatic hydroxyl groups is 1. The van der Waals surface area contributed by atoms with Gasteiger partial charge in [0.05, 0.1) is 28.2 Å². The van der Waals surface area contributed by atoms with Crippen molar-refractivity contribution in [1.29, 1.82) is 0 Å². The number of aromatic carboxylic acids is 1. The molecule has 0 bridgehead atoms. The van der Waals surface area contributed by atoms with Gasteiger partial charge in [-0.05, 0) is 64.5 Å². The number of aryl methyl sites for hydroxylation is 2. The van der Waals surface area contributed by atoms with Crippen LogP contribution in [-0.4, -0.2) is 39.2 Å². The van der Waals surface area contributed by atoms with Gasteiger partial charge in [-0.25, -0.2) is 4.79 Å². The number of hydrogen-bond acceptors (Lipinski definition) is 6. The number of phenols is 1. The van der Waals surface area contributed by atoms with Gasteiger partial charge in [0, 0.05) is 5.56 Å². The highest BCUT2D eigenvalue weighted by molar-refractivity contribution is 5.98. The summed E-state index contributed by atoms with van der Waals surface area (Å²) < 4.78 is 5.99. The van der Waals surface area contributed by atoms with Gasteiger partial charge in [0.2, 0.25) is 0 Å². The minimum absolute atomic E-state index is 0.0463. The summed E-state index contributed by atoms with van der Waals surface area (Å²) in [5.41, 5.74) is 7.37. The van der Waals surface area contributed by atoms with Crippen molar-refractivity contribution in [2.24, 2.45) is 0 Å². The lowest BCUT2D eigenvalue weighted by Gasteiger charge is -2.28. The molecule has 0 saturated heterocycles. The quantitative estimate of drug-likeness (QED) is 0.473. The molecule has 0 aliphatic rings. The van der Waals surface area contributed by atoms with Crippen LogP contribution in [0.25, 0.3) is 5.76 Å². The molecule has 0 atom stereocenters. The molecule has 0 fully saturated rings. The van der Waals surface area contributed by atoms with Crippen LogP contribution in [0.5, 0.6) is 5.75 Å². The number of allylic oxidation sites excluding steroid dienone is 1. The van der Waals surface area contributed by atoms with E-state index in [4.69, 9.17) is 10.5 Å². The second-order valence-electron chi connectivity index (χ2n) is 7.79. The summed E-state index contributed by atoms with van der Waals surface area (Å²) in [7, 11) is 0. The SMILES string of the molecule is C/C=C(/OCC(C)(C)NC(=O)c1ccc(O)cc1)c1c(CC)nc(C)c(C(=O)O)c1N. The number of amides is 1. The highest BCUT2D eigenvalue weighted by Crippen LogP contribution is 2.31. The van der Waals surface area contributed by atoms with Crippen LogP contribution >= 0.6 is 0 Å². The van der Waals surface area contributed by atoms with Gasteiger partial charge in [-0.1, -0.05) is 6.92 Å². The molecule has 1 aromatic carbocycles. The number of hydrogen-bond donors (Lipinski definition) is 4. The van der Waals surface area contributed by atoms with Crippen LogP contribution in [-0.2, 0) is 11.2 Å². The van der Waals surface area contributed by atoms with E-state index in [1.165, 1.54) is 24.3 Å². The van der Waals surface area contributed by atoms with E-state index in [1.54, 1.807) is 33.8 Å². The fraction of sp³-hybridized carbons (Fsp3) is 0.348. The zero-order valence-electron chi connectivity index (χ0n) is 18.4. The molecule has 0 aliphatic heterocycles. The van der Waals surface area contributed by atoms with Gasteiger partial charge in [0.25, 0.3) is 5.91 Å². The molecule has 8 nitrogen and oxygen atoms in total. The van der Waals surface area contributed by atoms with Crippen molar-refractivity contribution in [1.82, 2.24) is 10.3 Å². The van der Waals surface area contributed by atoms with E-state index < -0.39 is 11.5 Å². The van der Waals surface area contributed by atoms with Gasteiger partial charge in [-0.3, -0.25) is 9.78 Å². The maximum absolute atomic E-state index is 12.5. The van der Waals surface area contributed by atoms with Gasteiger partial charge in [0.15, 0.2) is 0 Å². The van der Waals surface area contributed by atoms with Gasteiger partial charge in [-0.2, -0.15) is 0 Å². The number of ether oxygens (including phenoxy) is 1. The first-order valence-corrected chi connectivity index (χ1v) is 9.94. The molecule has 5 N–H and O–H groups in total. The molecule has 8 heteroatoms. The topological polar surface area (TPSA) is 135 Å². The lowest BCUT2D eigenvalue weighted by atomic mass is 10.0. The number of carboxylic acids is 1. The number of anilines is 1. The highest BCUT2D eigenvalue weighted by Gasteiger charge is 2.26. The molecular weight excluding hydrogens is 398 g/mol. The third-order valence-electron chi connectivity index (χ3n) is 4.72. The predicted molar refractivity (Wildman–Crippen MR) is 119 cm³/mol. The van der Waals surface area contributed by atoms with Gasteiger partial charge in [-0.15, -0.1) is 0 Å². The largest absolute Gasteiger partial charge is 0.508 e. The summed E-state index contributed by atoms with van der Waals surface area (Å²) in [4.78, 5) is 28.6. The second-order valence-corrected chi connectivity index (χ2v) is 7.79. The molecular formula is C23H29N3O5. The van der Waals surface area contributed by atoms with Crippen LogP contribution in [0.2, 0.25) is 0 Å². The second kappa shape index (κ2) is 9.51. The molecule has 1 heterocycles. The smallest absolute Gasteiger partial charge is 0.339 e. The lowest BCUT2D eigenvalue weighted by molar-refractivity contribution is 0.0696. The van der Waals surface area contributed by atoms with E-state index in [0.29, 0.717) is 34.7 Å². The number of nitrogen functional groups attached to an aromatic ring is 1. The first kappa shape index (κ1) is 23.7. The number of nitrogens with one attached hydrogen (secondary N) is 1. The third-order valence-corrected chi connectivity index (χ3v) is 4.72. The minimum atomic E-state index is -1.15. The Kier molecular flexibility index (Phi) is 7.28. The monoisotopic (exact) mass is 427 g/mol. The molecule has 166 valence electrons. The summed E-state index contributed by atoms with van der Waals surface area (Å²) in [6.07, 6.45) is 2.24. The van der Waals surface area contributed by atoms with Crippen molar-refractivity contribution in [3.05, 3.63) is 58.4 Å². The van der Waals surface area contributed by atoms with Gasteiger partial charge < -0.3 is 26.0 Å². The number of nitrogens with two attached hydrogens (primary N) is 1. The molecule has 2 rings (SSSR count). The van der Waals surface area contributed by atoms with E-state index in [2.05, 4.69) is 10.3 Å². The first-order chi connectivity index (χ1) is 14.5. The van der Waals surface area contributed by atoms with Gasteiger partial charge in [0.1, 0.15) is 23.7 Å². The van der Waals surface area contributed by atoms with Crippen LogP contribution in [0.3, 0.4) is 0 Å². The summed E-state index contributed by atoms with van der Waals surface area (Å²) in [5.74, 6) is -0.983. The number of aromatic nitrogens is 1. The van der Waals surface area contributed by atoms with E-state index >= 15 is 0 Å². The van der Waals surface area contributed by atoms with Crippen molar-refractivity contribution in [3.63, 3.8) is 0 Å². The van der Waals surface area contributed by atoms with Crippen LogP contribution in [0.15, 0.2) is 30.3 Å². The summed E-state index contributed by atoms with van der Waals surface area (Å²) in [6, 6.07) is 5.93. The minimum Gasteiger partial charge on any atom is -0.508 e. The number of benzene rings is 1. The fourth-order valence-corrected chi connectivity index (χ4v) is 3.18. The Hall–Kier alpha value is -3.55. The van der Waals surface area contributed by atoms with Crippen molar-refractivity contribution < 1.29 is 24.5 Å². The Bertz CT molecular complexity index is 1010. The van der Waals surface area contributed by atoms with Crippen LogP contribution in [0.4, 0.5) is 5.69 Å². The number of rotatable bonds is 8. The lowest BCUT2D eigenvalue weighted by Crippen LogP contribution is -2.46. The molecule has 0 saturated carbocycles. The molecule has 0 unspecified atom stereocenters. The Morgan fingerprint density at radius 2 is 1.84 bits per heavy atom. The zero-order chi connectivity index (χ0) is 23.3. The van der Waals surface area contributed by atoms with Gasteiger partial charge >= 0.3 is 5.97 Å². The number of carbonyl (C=O) groups is 2. The average molecular weight is 428 g/mol. The molecule has 2 aromatic rings. The van der Waals surface area contributed by atoms with Crippen LogP contribution < -0.4 is 11.1 Å². The standard InChI is InChI=1S/C23H29N3O5/c1-6-16-19(20(24)18(22(29)30)13(3)25-16)17(7-2)31-12-23(4,5)26-21(28)14-8-10-15(27)11-9-14/h7-11,27H,6,12H2,1-5H3,(H2,24,25)(H,26,28)(H,29,30)/b17-7+. The predicted octanol–water partition coefficient (Wildman–Crippen LogP) is 3.52. The number of carboxylic acid groups (broad SMARTS) is 1. The van der Waals surface area contributed by atoms with Crippen molar-refractivity contribution >= 4 is 23.3 Å². The number of carbonyl (C=O) groups excluding carboxylic acids is 1. The highest BCUT2D eigenvalue weighted by atomic mass is 16.5. The Balaban J connectivity index is 2.25. The molecule has 0 spiro atoms.